The molecule has 0 fully saturated rings. The minimum Gasteiger partial charge on any atom is -0.493 e. The van der Waals surface area contributed by atoms with Crippen molar-refractivity contribution in [3.63, 3.8) is 0 Å². The van der Waals surface area contributed by atoms with Gasteiger partial charge in [-0.05, 0) is 24.5 Å². The second-order valence-corrected chi connectivity index (χ2v) is 3.85. The van der Waals surface area contributed by atoms with Crippen molar-refractivity contribution < 1.29 is 9.53 Å². The number of carbonyl (C=O) groups excluding carboxylic acids is 1. The van der Waals surface area contributed by atoms with Gasteiger partial charge in [0.2, 0.25) is 0 Å². The number of aryl methyl sites for hydroxylation is 1. The Labute approximate surface area is 97.6 Å². The molecule has 0 atom stereocenters. The number of carbonyl (C=O) groups is 1. The van der Waals surface area contributed by atoms with Crippen LogP contribution in [-0.4, -0.2) is 12.4 Å². The monoisotopic (exact) mass is 220 g/mol. The first-order valence-corrected chi connectivity index (χ1v) is 6.00. The molecule has 1 rings (SSSR count). The number of Topliss-reactive ketones (excluding diaryl/α,β-unsaturated/α-hetero) is 1. The molecule has 0 saturated heterocycles. The molecule has 0 N–H and O–H groups in total. The van der Waals surface area contributed by atoms with E-state index in [1.807, 2.05) is 31.2 Å². The second kappa shape index (κ2) is 7.04. The molecule has 0 amide bonds. The molecular weight excluding hydrogens is 200 g/mol. The van der Waals surface area contributed by atoms with Gasteiger partial charge in [0.05, 0.1) is 6.61 Å². The van der Waals surface area contributed by atoms with Gasteiger partial charge in [-0.1, -0.05) is 32.0 Å². The summed E-state index contributed by atoms with van der Waals surface area (Å²) in [5, 5.41) is 0. The molecule has 0 saturated carbocycles. The Bertz CT molecular complexity index is 331. The molecule has 0 aliphatic carbocycles. The van der Waals surface area contributed by atoms with E-state index in [2.05, 4.69) is 6.92 Å². The van der Waals surface area contributed by atoms with Gasteiger partial charge in [-0.3, -0.25) is 4.79 Å². The number of rotatable bonds is 7. The van der Waals surface area contributed by atoms with Gasteiger partial charge < -0.3 is 4.74 Å². The van der Waals surface area contributed by atoms with Crippen LogP contribution in [0.1, 0.15) is 38.7 Å². The van der Waals surface area contributed by atoms with Crippen LogP contribution in [-0.2, 0) is 11.2 Å². The van der Waals surface area contributed by atoms with Gasteiger partial charge in [-0.2, -0.15) is 0 Å². The topological polar surface area (TPSA) is 26.3 Å². The van der Waals surface area contributed by atoms with E-state index in [9.17, 15) is 4.79 Å². The molecule has 0 heterocycles. The lowest BCUT2D eigenvalue weighted by Crippen LogP contribution is -2.02. The molecule has 0 radical (unpaired) electrons. The molecule has 0 aromatic heterocycles. The number of hydrogen-bond donors (Lipinski definition) is 0. The van der Waals surface area contributed by atoms with Gasteiger partial charge in [0.15, 0.2) is 0 Å². The number of benzene rings is 1. The second-order valence-electron chi connectivity index (χ2n) is 3.85. The molecule has 2 heteroatoms. The summed E-state index contributed by atoms with van der Waals surface area (Å²) in [5.74, 6) is 1.23. The molecule has 1 aromatic rings. The van der Waals surface area contributed by atoms with E-state index in [1.54, 1.807) is 0 Å². The van der Waals surface area contributed by atoms with Crippen LogP contribution in [0.5, 0.6) is 5.75 Å². The average molecular weight is 220 g/mol. The minimum absolute atomic E-state index is 0.310. The number of ether oxygens (including phenoxy) is 1. The molecule has 88 valence electrons. The Morgan fingerprint density at radius 3 is 2.69 bits per heavy atom. The van der Waals surface area contributed by atoms with Crippen LogP contribution in [0.25, 0.3) is 0 Å². The maximum absolute atomic E-state index is 11.3. The first kappa shape index (κ1) is 12.8. The van der Waals surface area contributed by atoms with Crippen LogP contribution in [0.2, 0.25) is 0 Å². The zero-order valence-corrected chi connectivity index (χ0v) is 10.2. The third-order valence-electron chi connectivity index (χ3n) is 2.50. The normalized spacial score (nSPS) is 10.1. The summed E-state index contributed by atoms with van der Waals surface area (Å²) in [6, 6.07) is 7.97. The summed E-state index contributed by atoms with van der Waals surface area (Å²) >= 11 is 0. The summed E-state index contributed by atoms with van der Waals surface area (Å²) in [4.78, 5) is 11.3. The highest BCUT2D eigenvalue weighted by molar-refractivity contribution is 5.78. The molecular formula is C14H20O2. The quantitative estimate of drug-likeness (QED) is 0.704. The summed E-state index contributed by atoms with van der Waals surface area (Å²) in [6.07, 6.45) is 3.02. The van der Waals surface area contributed by atoms with Crippen molar-refractivity contribution in [2.45, 2.75) is 39.5 Å². The van der Waals surface area contributed by atoms with Crippen molar-refractivity contribution in [1.82, 2.24) is 0 Å². The van der Waals surface area contributed by atoms with Crippen molar-refractivity contribution in [3.8, 4) is 5.75 Å². The first-order valence-electron chi connectivity index (χ1n) is 6.00. The summed E-state index contributed by atoms with van der Waals surface area (Å²) in [7, 11) is 0. The molecule has 0 aliphatic heterocycles. The molecule has 0 bridgehead atoms. The maximum Gasteiger partial charge on any atom is 0.132 e. The van der Waals surface area contributed by atoms with Gasteiger partial charge in [0.1, 0.15) is 11.5 Å². The lowest BCUT2D eigenvalue weighted by atomic mass is 10.1. The van der Waals surface area contributed by atoms with Crippen LogP contribution in [0, 0.1) is 0 Å². The highest BCUT2D eigenvalue weighted by Gasteiger charge is 2.05. The van der Waals surface area contributed by atoms with Gasteiger partial charge in [-0.15, -0.1) is 0 Å². The minimum atomic E-state index is 0.310. The zero-order valence-electron chi connectivity index (χ0n) is 10.2. The van der Waals surface area contributed by atoms with E-state index in [-0.39, 0.29) is 0 Å². The first-order chi connectivity index (χ1) is 7.77. The van der Waals surface area contributed by atoms with Crippen LogP contribution in [0.4, 0.5) is 0 Å². The fourth-order valence-corrected chi connectivity index (χ4v) is 1.51. The Morgan fingerprint density at radius 2 is 2.00 bits per heavy atom. The fourth-order valence-electron chi connectivity index (χ4n) is 1.51. The highest BCUT2D eigenvalue weighted by Crippen LogP contribution is 2.20. The maximum atomic E-state index is 11.3. The fraction of sp³-hybridized carbons (Fsp3) is 0.500. The Morgan fingerprint density at radius 1 is 1.25 bits per heavy atom. The predicted octanol–water partition coefficient (Wildman–Crippen LogP) is 3.39. The smallest absolute Gasteiger partial charge is 0.132 e. The lowest BCUT2D eigenvalue weighted by molar-refractivity contribution is -0.118. The van der Waals surface area contributed by atoms with Crippen molar-refractivity contribution in [2.24, 2.45) is 0 Å². The summed E-state index contributed by atoms with van der Waals surface area (Å²) in [5.41, 5.74) is 1.14. The number of hydrogen-bond acceptors (Lipinski definition) is 2. The predicted molar refractivity (Wildman–Crippen MR) is 65.8 cm³/mol. The van der Waals surface area contributed by atoms with Crippen LogP contribution in [0.15, 0.2) is 24.3 Å². The largest absolute Gasteiger partial charge is 0.493 e. The lowest BCUT2D eigenvalue weighted by Gasteiger charge is -2.10. The van der Waals surface area contributed by atoms with E-state index in [1.165, 1.54) is 0 Å². The molecule has 16 heavy (non-hydrogen) atoms. The standard InChI is InChI=1S/C14H20O2/c1-3-11-16-14-8-6-5-7-12(14)9-10-13(15)4-2/h5-8H,3-4,9-11H2,1-2H3. The van der Waals surface area contributed by atoms with E-state index in [0.717, 1.165) is 30.8 Å². The molecule has 2 nitrogen and oxygen atoms in total. The van der Waals surface area contributed by atoms with Gasteiger partial charge >= 0.3 is 0 Å². The van der Waals surface area contributed by atoms with Crippen molar-refractivity contribution in [2.75, 3.05) is 6.61 Å². The van der Waals surface area contributed by atoms with Gasteiger partial charge in [0.25, 0.3) is 0 Å². The van der Waals surface area contributed by atoms with Gasteiger partial charge in [0, 0.05) is 12.8 Å². The number of ketones is 1. The van der Waals surface area contributed by atoms with E-state index in [4.69, 9.17) is 4.74 Å². The van der Waals surface area contributed by atoms with Crippen LogP contribution >= 0.6 is 0 Å². The van der Waals surface area contributed by atoms with Crippen molar-refractivity contribution in [1.29, 1.82) is 0 Å². The Hall–Kier alpha value is -1.31. The van der Waals surface area contributed by atoms with Crippen LogP contribution < -0.4 is 4.74 Å². The van der Waals surface area contributed by atoms with Gasteiger partial charge in [-0.25, -0.2) is 0 Å². The van der Waals surface area contributed by atoms with E-state index in [0.29, 0.717) is 18.6 Å². The molecule has 0 spiro atoms. The Kier molecular flexibility index (Phi) is 5.62. The summed E-state index contributed by atoms with van der Waals surface area (Å²) < 4.78 is 5.64. The SMILES string of the molecule is CCCOc1ccccc1CCC(=O)CC. The van der Waals surface area contributed by atoms with Crippen molar-refractivity contribution in [3.05, 3.63) is 29.8 Å². The third-order valence-corrected chi connectivity index (χ3v) is 2.50. The van der Waals surface area contributed by atoms with E-state index >= 15 is 0 Å². The number of para-hydroxylation sites is 1. The third kappa shape index (κ3) is 4.05. The highest BCUT2D eigenvalue weighted by atomic mass is 16.5. The Balaban J connectivity index is 2.59. The van der Waals surface area contributed by atoms with Crippen molar-refractivity contribution >= 4 is 5.78 Å². The molecule has 1 aromatic carbocycles. The molecule has 0 unspecified atom stereocenters. The molecule has 0 aliphatic rings. The summed E-state index contributed by atoms with van der Waals surface area (Å²) in [6.45, 7) is 4.73. The van der Waals surface area contributed by atoms with Crippen LogP contribution in [0.3, 0.4) is 0 Å². The average Bonchev–Trinajstić information content (AvgIpc) is 2.34. The zero-order chi connectivity index (χ0) is 11.8. The van der Waals surface area contributed by atoms with E-state index < -0.39 is 0 Å².